The molecule has 0 aliphatic heterocycles. The predicted octanol–water partition coefficient (Wildman–Crippen LogP) is 1.91. The lowest BCUT2D eigenvalue weighted by atomic mass is 10.3. The van der Waals surface area contributed by atoms with Gasteiger partial charge in [0.25, 0.3) is 0 Å². The Bertz CT molecular complexity index is 326. The summed E-state index contributed by atoms with van der Waals surface area (Å²) in [4.78, 5) is 14.6. The molecule has 15 heavy (non-hydrogen) atoms. The summed E-state index contributed by atoms with van der Waals surface area (Å²) in [6, 6.07) is 3.26. The van der Waals surface area contributed by atoms with Crippen molar-refractivity contribution in [1.29, 1.82) is 0 Å². The summed E-state index contributed by atoms with van der Waals surface area (Å²) >= 11 is 1.54. The molecule has 0 radical (unpaired) electrons. The molecule has 1 aromatic heterocycles. The quantitative estimate of drug-likeness (QED) is 0.778. The molecule has 0 saturated carbocycles. The Kier molecular flexibility index (Phi) is 4.58. The number of ether oxygens (including phenoxy) is 1. The van der Waals surface area contributed by atoms with Crippen LogP contribution in [0.25, 0.3) is 0 Å². The lowest BCUT2D eigenvalue weighted by Gasteiger charge is -2.07. The number of hydrogen-bond acceptors (Lipinski definition) is 4. The number of thioether (sulfide) groups is 1. The van der Waals surface area contributed by atoms with E-state index in [1.807, 2.05) is 6.92 Å². The largest absolute Gasteiger partial charge is 0.478 e. The third kappa shape index (κ3) is 3.89. The zero-order chi connectivity index (χ0) is 11.3. The lowest BCUT2D eigenvalue weighted by molar-refractivity contribution is 0.0696. The second-order valence-corrected chi connectivity index (χ2v) is 4.09. The first-order valence-electron chi connectivity index (χ1n) is 4.48. The van der Waals surface area contributed by atoms with Gasteiger partial charge in [0.1, 0.15) is 0 Å². The Morgan fingerprint density at radius 3 is 2.87 bits per heavy atom. The average molecular weight is 227 g/mol. The van der Waals surface area contributed by atoms with Crippen molar-refractivity contribution < 1.29 is 14.6 Å². The first-order chi connectivity index (χ1) is 7.13. The highest BCUT2D eigenvalue weighted by atomic mass is 32.2. The van der Waals surface area contributed by atoms with E-state index >= 15 is 0 Å². The fourth-order valence-corrected chi connectivity index (χ4v) is 1.70. The van der Waals surface area contributed by atoms with Crippen LogP contribution >= 0.6 is 11.8 Å². The van der Waals surface area contributed by atoms with E-state index in [1.165, 1.54) is 6.20 Å². The molecular weight excluding hydrogens is 214 g/mol. The number of carboxylic acids is 1. The fraction of sp³-hybridized carbons (Fsp3) is 0.400. The Balaban J connectivity index is 2.53. The molecule has 1 N–H and O–H groups in total. The van der Waals surface area contributed by atoms with Crippen LogP contribution in [0.4, 0.5) is 0 Å². The van der Waals surface area contributed by atoms with Gasteiger partial charge in [-0.25, -0.2) is 9.78 Å². The monoisotopic (exact) mass is 227 g/mol. The normalized spacial score (nSPS) is 12.4. The zero-order valence-electron chi connectivity index (χ0n) is 8.64. The first-order valence-corrected chi connectivity index (χ1v) is 5.47. The van der Waals surface area contributed by atoms with Crippen LogP contribution in [-0.2, 0) is 4.74 Å². The van der Waals surface area contributed by atoms with Gasteiger partial charge in [-0.1, -0.05) is 0 Å². The van der Waals surface area contributed by atoms with Crippen molar-refractivity contribution in [2.24, 2.45) is 0 Å². The number of aromatic carboxylic acids is 1. The highest BCUT2D eigenvalue weighted by Crippen LogP contribution is 2.16. The van der Waals surface area contributed by atoms with Crippen LogP contribution in [0.2, 0.25) is 0 Å². The van der Waals surface area contributed by atoms with Crippen LogP contribution in [0.3, 0.4) is 0 Å². The van der Waals surface area contributed by atoms with Crippen molar-refractivity contribution in [2.45, 2.75) is 18.1 Å². The molecule has 0 aliphatic rings. The molecule has 1 rings (SSSR count). The summed E-state index contributed by atoms with van der Waals surface area (Å²) in [6.07, 6.45) is 1.53. The Morgan fingerprint density at radius 1 is 1.67 bits per heavy atom. The summed E-state index contributed by atoms with van der Waals surface area (Å²) in [5.41, 5.74) is 0.208. The summed E-state index contributed by atoms with van der Waals surface area (Å²) in [6.45, 7) is 1.97. The minimum atomic E-state index is -0.954. The van der Waals surface area contributed by atoms with Crippen LogP contribution in [0.5, 0.6) is 0 Å². The molecule has 0 spiro atoms. The van der Waals surface area contributed by atoms with Crippen molar-refractivity contribution >= 4 is 17.7 Å². The van der Waals surface area contributed by atoms with Gasteiger partial charge < -0.3 is 9.84 Å². The summed E-state index contributed by atoms with van der Waals surface area (Å²) in [5, 5.41) is 9.47. The maximum atomic E-state index is 10.6. The second-order valence-electron chi connectivity index (χ2n) is 3.05. The van der Waals surface area contributed by atoms with E-state index in [1.54, 1.807) is 31.0 Å². The minimum Gasteiger partial charge on any atom is -0.478 e. The van der Waals surface area contributed by atoms with E-state index in [2.05, 4.69) is 4.98 Å². The first kappa shape index (κ1) is 12.0. The Morgan fingerprint density at radius 2 is 2.40 bits per heavy atom. The van der Waals surface area contributed by atoms with Crippen LogP contribution in [-0.4, -0.2) is 35.0 Å². The molecular formula is C10H13NO3S. The topological polar surface area (TPSA) is 59.4 Å². The molecule has 1 unspecified atom stereocenters. The van der Waals surface area contributed by atoms with E-state index in [9.17, 15) is 4.79 Å². The third-order valence-corrected chi connectivity index (χ3v) is 3.02. The summed E-state index contributed by atoms with van der Waals surface area (Å²) in [5.74, 6) is -0.153. The molecule has 0 fully saturated rings. The number of methoxy groups -OCH3 is 1. The minimum absolute atomic E-state index is 0.163. The van der Waals surface area contributed by atoms with Gasteiger partial charge in [0, 0.05) is 19.1 Å². The van der Waals surface area contributed by atoms with E-state index in [-0.39, 0.29) is 11.7 Å². The number of rotatable bonds is 5. The smallest absolute Gasteiger partial charge is 0.337 e. The molecule has 0 amide bonds. The van der Waals surface area contributed by atoms with E-state index in [4.69, 9.17) is 9.84 Å². The number of carbonyl (C=O) groups is 1. The number of carboxylic acid groups (broad SMARTS) is 1. The van der Waals surface area contributed by atoms with Crippen molar-refractivity contribution in [2.75, 3.05) is 12.9 Å². The van der Waals surface area contributed by atoms with Crippen molar-refractivity contribution in [3.05, 3.63) is 23.9 Å². The fourth-order valence-electron chi connectivity index (χ4n) is 0.863. The molecule has 0 bridgehead atoms. The number of aromatic nitrogens is 1. The molecule has 0 saturated heterocycles. The van der Waals surface area contributed by atoms with Crippen LogP contribution in [0.1, 0.15) is 17.3 Å². The third-order valence-electron chi connectivity index (χ3n) is 1.85. The number of pyridine rings is 1. The molecule has 1 heterocycles. The van der Waals surface area contributed by atoms with Gasteiger partial charge in [0.05, 0.1) is 16.7 Å². The van der Waals surface area contributed by atoms with Crippen molar-refractivity contribution in [3.8, 4) is 0 Å². The van der Waals surface area contributed by atoms with E-state index in [0.29, 0.717) is 0 Å². The van der Waals surface area contributed by atoms with Crippen LogP contribution < -0.4 is 0 Å². The van der Waals surface area contributed by atoms with E-state index < -0.39 is 5.97 Å². The summed E-state index contributed by atoms with van der Waals surface area (Å²) < 4.78 is 5.09. The highest BCUT2D eigenvalue weighted by Gasteiger charge is 2.05. The zero-order valence-corrected chi connectivity index (χ0v) is 9.45. The SMILES string of the molecule is COC(C)CSc1ccc(C(=O)O)cn1. The molecule has 0 aromatic carbocycles. The van der Waals surface area contributed by atoms with Crippen molar-refractivity contribution in [3.63, 3.8) is 0 Å². The van der Waals surface area contributed by atoms with Gasteiger partial charge in [-0.3, -0.25) is 0 Å². The maximum absolute atomic E-state index is 10.6. The number of hydrogen-bond donors (Lipinski definition) is 1. The predicted molar refractivity (Wildman–Crippen MR) is 58.4 cm³/mol. The Hall–Kier alpha value is -1.07. The standard InChI is InChI=1S/C10H13NO3S/c1-7(14-2)6-15-9-4-3-8(5-11-9)10(12)13/h3-5,7H,6H2,1-2H3,(H,12,13). The van der Waals surface area contributed by atoms with E-state index in [0.717, 1.165) is 10.8 Å². The van der Waals surface area contributed by atoms with Crippen molar-refractivity contribution in [1.82, 2.24) is 4.98 Å². The van der Waals surface area contributed by atoms with Gasteiger partial charge >= 0.3 is 5.97 Å². The van der Waals surface area contributed by atoms with Gasteiger partial charge in [-0.2, -0.15) is 0 Å². The molecule has 82 valence electrons. The maximum Gasteiger partial charge on any atom is 0.337 e. The molecule has 4 nitrogen and oxygen atoms in total. The molecule has 0 aliphatic carbocycles. The second kappa shape index (κ2) is 5.72. The summed E-state index contributed by atoms with van der Waals surface area (Å²) in [7, 11) is 1.66. The number of nitrogens with zero attached hydrogens (tertiary/aromatic N) is 1. The Labute approximate surface area is 92.7 Å². The highest BCUT2D eigenvalue weighted by molar-refractivity contribution is 7.99. The van der Waals surface area contributed by atoms with Gasteiger partial charge in [-0.15, -0.1) is 11.8 Å². The lowest BCUT2D eigenvalue weighted by Crippen LogP contribution is -2.07. The van der Waals surface area contributed by atoms with Gasteiger partial charge in [0.15, 0.2) is 0 Å². The van der Waals surface area contributed by atoms with Gasteiger partial charge in [-0.05, 0) is 19.1 Å². The molecule has 5 heteroatoms. The van der Waals surface area contributed by atoms with Crippen LogP contribution in [0, 0.1) is 0 Å². The average Bonchev–Trinajstić information content (AvgIpc) is 2.26. The molecule has 1 atom stereocenters. The van der Waals surface area contributed by atoms with Crippen LogP contribution in [0.15, 0.2) is 23.4 Å². The molecule has 1 aromatic rings. The van der Waals surface area contributed by atoms with Gasteiger partial charge in [0.2, 0.25) is 0 Å².